The molecule has 3 heterocycles. The summed E-state index contributed by atoms with van der Waals surface area (Å²) in [5.74, 6) is -0.00477. The lowest BCUT2D eigenvalue weighted by atomic mass is 9.75. The maximum atomic E-state index is 13.4. The first-order chi connectivity index (χ1) is 14.0. The zero-order chi connectivity index (χ0) is 20.4. The number of halogens is 1. The maximum Gasteiger partial charge on any atom is 0.253 e. The van der Waals surface area contributed by atoms with Crippen molar-refractivity contribution in [1.29, 1.82) is 0 Å². The average Bonchev–Trinajstić information content (AvgIpc) is 2.93. The summed E-state index contributed by atoms with van der Waals surface area (Å²) in [5.41, 5.74) is 0.789. The van der Waals surface area contributed by atoms with Crippen molar-refractivity contribution in [2.24, 2.45) is 5.41 Å². The summed E-state index contributed by atoms with van der Waals surface area (Å²) in [6.45, 7) is 2.06. The summed E-state index contributed by atoms with van der Waals surface area (Å²) in [7, 11) is 2.07. The van der Waals surface area contributed by atoms with Crippen LogP contribution in [-0.2, 0) is 4.79 Å². The number of anilines is 1. The van der Waals surface area contributed by atoms with Crippen LogP contribution in [0.1, 0.15) is 29.6 Å². The van der Waals surface area contributed by atoms with Gasteiger partial charge >= 0.3 is 0 Å². The predicted octanol–water partition coefficient (Wildman–Crippen LogP) is 3.30. The molecule has 152 valence electrons. The van der Waals surface area contributed by atoms with Gasteiger partial charge in [-0.15, -0.1) is 0 Å². The molecule has 1 aromatic heterocycles. The molecule has 0 spiro atoms. The highest BCUT2D eigenvalue weighted by molar-refractivity contribution is 6.30. The number of benzene rings is 1. The van der Waals surface area contributed by atoms with E-state index in [1.54, 1.807) is 36.7 Å². The van der Waals surface area contributed by atoms with Gasteiger partial charge in [0.15, 0.2) is 0 Å². The number of carbonyl (C=O) groups is 2. The molecular formula is C22H25ClN4O2. The fourth-order valence-electron chi connectivity index (χ4n) is 4.71. The number of hydrogen-bond donors (Lipinski definition) is 1. The number of nitrogens with one attached hydrogen (secondary N) is 1. The summed E-state index contributed by atoms with van der Waals surface area (Å²) in [6.07, 6.45) is 5.54. The SMILES string of the molecule is CN1CC[C@@]2(C(=O)Nc3cccnc3)CCN(C(=O)c3cccc(Cl)c3)CC[C@@H]12. The third-order valence-electron chi connectivity index (χ3n) is 6.31. The second kappa shape index (κ2) is 8.13. The fraction of sp³-hybridized carbons (Fsp3) is 0.409. The molecule has 6 nitrogen and oxygen atoms in total. The van der Waals surface area contributed by atoms with Gasteiger partial charge in [-0.25, -0.2) is 0 Å². The van der Waals surface area contributed by atoms with Crippen molar-refractivity contribution in [1.82, 2.24) is 14.8 Å². The normalized spacial score (nSPS) is 24.6. The van der Waals surface area contributed by atoms with Gasteiger partial charge in [0.05, 0.1) is 17.3 Å². The molecule has 2 aromatic rings. The van der Waals surface area contributed by atoms with Crippen LogP contribution in [0.4, 0.5) is 5.69 Å². The van der Waals surface area contributed by atoms with Crippen LogP contribution in [0.2, 0.25) is 5.02 Å². The van der Waals surface area contributed by atoms with E-state index in [4.69, 9.17) is 11.6 Å². The minimum absolute atomic E-state index is 0.0249. The van der Waals surface area contributed by atoms with Crippen molar-refractivity contribution in [2.45, 2.75) is 25.3 Å². The van der Waals surface area contributed by atoms with E-state index >= 15 is 0 Å². The topological polar surface area (TPSA) is 65.5 Å². The molecular weight excluding hydrogens is 388 g/mol. The Bertz CT molecular complexity index is 907. The molecule has 0 unspecified atom stereocenters. The Labute approximate surface area is 175 Å². The molecule has 2 aliphatic heterocycles. The monoisotopic (exact) mass is 412 g/mol. The summed E-state index contributed by atoms with van der Waals surface area (Å²) in [5, 5.41) is 3.61. The molecule has 2 amide bonds. The minimum atomic E-state index is -0.506. The van der Waals surface area contributed by atoms with Crippen LogP contribution in [0.5, 0.6) is 0 Å². The zero-order valence-corrected chi connectivity index (χ0v) is 17.2. The van der Waals surface area contributed by atoms with Crippen molar-refractivity contribution in [3.8, 4) is 0 Å². The van der Waals surface area contributed by atoms with Gasteiger partial charge in [0, 0.05) is 35.9 Å². The van der Waals surface area contributed by atoms with E-state index in [1.165, 1.54) is 0 Å². The van der Waals surface area contributed by atoms with Gasteiger partial charge in [-0.2, -0.15) is 0 Å². The molecule has 0 radical (unpaired) electrons. The number of aromatic nitrogens is 1. The highest BCUT2D eigenvalue weighted by Crippen LogP contribution is 2.44. The standard InChI is InChI=1S/C22H25ClN4O2/c1-26-12-8-22(21(29)25-18-6-3-10-24-15-18)9-13-27(11-7-19(22)26)20(28)16-4-2-5-17(23)14-16/h2-6,10,14-15,19H,7-9,11-13H2,1H3,(H,25,29)/t19-,22-/m1/s1. The molecule has 1 N–H and O–H groups in total. The van der Waals surface area contributed by atoms with Crippen molar-refractivity contribution < 1.29 is 9.59 Å². The number of nitrogens with zero attached hydrogens (tertiary/aromatic N) is 3. The first-order valence-corrected chi connectivity index (χ1v) is 10.3. The molecule has 0 saturated carbocycles. The quantitative estimate of drug-likeness (QED) is 0.840. The van der Waals surface area contributed by atoms with Crippen molar-refractivity contribution in [3.63, 3.8) is 0 Å². The van der Waals surface area contributed by atoms with Gasteiger partial charge < -0.3 is 15.1 Å². The second-order valence-electron chi connectivity index (χ2n) is 7.94. The maximum absolute atomic E-state index is 13.4. The van der Waals surface area contributed by atoms with Gasteiger partial charge in [-0.1, -0.05) is 17.7 Å². The molecule has 7 heteroatoms. The van der Waals surface area contributed by atoms with Gasteiger partial charge in [0.25, 0.3) is 5.91 Å². The van der Waals surface area contributed by atoms with Gasteiger partial charge in [-0.3, -0.25) is 14.6 Å². The molecule has 4 rings (SSSR count). The summed E-state index contributed by atoms with van der Waals surface area (Å²) < 4.78 is 0. The van der Waals surface area contributed by atoms with Crippen molar-refractivity contribution >= 4 is 29.1 Å². The Balaban J connectivity index is 1.55. The van der Waals surface area contributed by atoms with Crippen molar-refractivity contribution in [3.05, 3.63) is 59.4 Å². The first kappa shape index (κ1) is 19.9. The van der Waals surface area contributed by atoms with Crippen LogP contribution in [0, 0.1) is 5.41 Å². The van der Waals surface area contributed by atoms with Crippen LogP contribution in [-0.4, -0.2) is 59.3 Å². The largest absolute Gasteiger partial charge is 0.339 e. The van der Waals surface area contributed by atoms with Crippen LogP contribution in [0.15, 0.2) is 48.8 Å². The third-order valence-corrected chi connectivity index (χ3v) is 6.55. The highest BCUT2D eigenvalue weighted by Gasteiger charge is 2.52. The molecule has 0 bridgehead atoms. The molecule has 1 aromatic carbocycles. The number of fused-ring (bicyclic) bond motifs is 1. The second-order valence-corrected chi connectivity index (χ2v) is 8.38. The molecule has 2 fully saturated rings. The Morgan fingerprint density at radius 2 is 2.00 bits per heavy atom. The molecule has 2 aliphatic rings. The minimum Gasteiger partial charge on any atom is -0.339 e. The van der Waals surface area contributed by atoms with E-state index in [1.807, 2.05) is 17.0 Å². The predicted molar refractivity (Wildman–Crippen MR) is 113 cm³/mol. The first-order valence-electron chi connectivity index (χ1n) is 9.96. The number of carbonyl (C=O) groups excluding carboxylic acids is 2. The Morgan fingerprint density at radius 1 is 1.17 bits per heavy atom. The van der Waals surface area contributed by atoms with E-state index < -0.39 is 5.41 Å². The van der Waals surface area contributed by atoms with Gasteiger partial charge in [0.1, 0.15) is 0 Å². The van der Waals surface area contributed by atoms with Crippen LogP contribution in [0.25, 0.3) is 0 Å². The van der Waals surface area contributed by atoms with E-state index in [0.717, 1.165) is 19.4 Å². The number of amides is 2. The molecule has 0 aliphatic carbocycles. The fourth-order valence-corrected chi connectivity index (χ4v) is 4.90. The number of rotatable bonds is 3. The zero-order valence-electron chi connectivity index (χ0n) is 16.5. The lowest BCUT2D eigenvalue weighted by Crippen LogP contribution is -2.46. The summed E-state index contributed by atoms with van der Waals surface area (Å²) in [4.78, 5) is 34.6. The summed E-state index contributed by atoms with van der Waals surface area (Å²) in [6, 6.07) is 10.8. The Kier molecular flexibility index (Phi) is 5.56. The number of likely N-dealkylation sites (tertiary alicyclic amines) is 2. The Hall–Kier alpha value is -2.44. The average molecular weight is 413 g/mol. The van der Waals surface area contributed by atoms with E-state index in [2.05, 4.69) is 22.2 Å². The number of hydrogen-bond acceptors (Lipinski definition) is 4. The van der Waals surface area contributed by atoms with Crippen LogP contribution < -0.4 is 5.32 Å². The highest BCUT2D eigenvalue weighted by atomic mass is 35.5. The van der Waals surface area contributed by atoms with Crippen LogP contribution >= 0.6 is 11.6 Å². The van der Waals surface area contributed by atoms with E-state index in [9.17, 15) is 9.59 Å². The lowest BCUT2D eigenvalue weighted by Gasteiger charge is -2.34. The molecule has 29 heavy (non-hydrogen) atoms. The third kappa shape index (κ3) is 3.87. The Morgan fingerprint density at radius 3 is 2.76 bits per heavy atom. The van der Waals surface area contributed by atoms with Crippen molar-refractivity contribution in [2.75, 3.05) is 32.0 Å². The van der Waals surface area contributed by atoms with Gasteiger partial charge in [-0.05, 0) is 63.2 Å². The number of pyridine rings is 1. The van der Waals surface area contributed by atoms with Gasteiger partial charge in [0.2, 0.25) is 5.91 Å². The molecule has 2 saturated heterocycles. The lowest BCUT2D eigenvalue weighted by molar-refractivity contribution is -0.127. The smallest absolute Gasteiger partial charge is 0.253 e. The summed E-state index contributed by atoms with van der Waals surface area (Å²) >= 11 is 6.06. The van der Waals surface area contributed by atoms with E-state index in [0.29, 0.717) is 35.8 Å². The van der Waals surface area contributed by atoms with E-state index in [-0.39, 0.29) is 17.9 Å². The molecule has 2 atom stereocenters. The van der Waals surface area contributed by atoms with Crippen LogP contribution in [0.3, 0.4) is 0 Å².